The molecule has 0 bridgehead atoms. The van der Waals surface area contributed by atoms with Gasteiger partial charge in [-0.1, -0.05) is 6.07 Å². The largest absolute Gasteiger partial charge is 0.496 e. The number of nitrogens with zero attached hydrogens (tertiary/aromatic N) is 2. The quantitative estimate of drug-likeness (QED) is 0.672. The van der Waals surface area contributed by atoms with Gasteiger partial charge in [-0.2, -0.15) is 0 Å². The third-order valence-electron chi connectivity index (χ3n) is 2.13. The zero-order chi connectivity index (χ0) is 10.1. The van der Waals surface area contributed by atoms with Crippen molar-refractivity contribution in [2.24, 2.45) is 7.05 Å². The Balaban J connectivity index is 2.97. The third kappa shape index (κ3) is 1.16. The van der Waals surface area contributed by atoms with Crippen LogP contribution in [-0.4, -0.2) is 16.7 Å². The Bertz CT molecular complexity index is 531. The molecule has 0 atom stereocenters. The summed E-state index contributed by atoms with van der Waals surface area (Å²) >= 11 is 0. The van der Waals surface area contributed by atoms with Crippen LogP contribution in [0.1, 0.15) is 0 Å². The van der Waals surface area contributed by atoms with Gasteiger partial charge in [-0.25, -0.2) is 4.98 Å². The molecule has 0 radical (unpaired) electrons. The number of aryl methyl sites for hydroxylation is 1. The molecule has 1 heterocycles. The van der Waals surface area contributed by atoms with Crippen LogP contribution in [0.2, 0.25) is 0 Å². The van der Waals surface area contributed by atoms with E-state index in [9.17, 15) is 4.79 Å². The Morgan fingerprint density at radius 2 is 2.21 bits per heavy atom. The first-order valence-corrected chi connectivity index (χ1v) is 4.22. The number of aromatic nitrogens is 2. The minimum absolute atomic E-state index is 0.0903. The lowest BCUT2D eigenvalue weighted by molar-refractivity contribution is 0.419. The highest BCUT2D eigenvalue weighted by Gasteiger charge is 2.06. The second kappa shape index (κ2) is 3.14. The topological polar surface area (TPSA) is 44.1 Å². The van der Waals surface area contributed by atoms with E-state index in [1.807, 2.05) is 6.07 Å². The minimum atomic E-state index is -0.0903. The van der Waals surface area contributed by atoms with Gasteiger partial charge in [0.25, 0.3) is 5.56 Å². The van der Waals surface area contributed by atoms with Crippen LogP contribution >= 0.6 is 0 Å². The number of fused-ring (bicyclic) bond motifs is 1. The predicted molar refractivity (Wildman–Crippen MR) is 53.5 cm³/mol. The Kier molecular flexibility index (Phi) is 1.96. The molecule has 0 saturated heterocycles. The normalized spacial score (nSPS) is 10.4. The molecule has 2 aromatic rings. The smallest absolute Gasteiger partial charge is 0.264 e. The number of benzene rings is 1. The van der Waals surface area contributed by atoms with Crippen molar-refractivity contribution in [1.29, 1.82) is 0 Å². The molecule has 4 heteroatoms. The molecule has 14 heavy (non-hydrogen) atoms. The van der Waals surface area contributed by atoms with Gasteiger partial charge in [-0.05, 0) is 12.1 Å². The van der Waals surface area contributed by atoms with E-state index in [4.69, 9.17) is 4.74 Å². The summed E-state index contributed by atoms with van der Waals surface area (Å²) in [6.45, 7) is 0. The lowest BCUT2D eigenvalue weighted by atomic mass is 10.2. The predicted octanol–water partition coefficient (Wildman–Crippen LogP) is 0.942. The maximum atomic E-state index is 11.8. The van der Waals surface area contributed by atoms with Crippen molar-refractivity contribution in [2.75, 3.05) is 7.11 Å². The third-order valence-corrected chi connectivity index (χ3v) is 2.13. The van der Waals surface area contributed by atoms with Crippen LogP contribution < -0.4 is 10.3 Å². The van der Waals surface area contributed by atoms with Gasteiger partial charge >= 0.3 is 0 Å². The molecule has 0 unspecified atom stereocenters. The lowest BCUT2D eigenvalue weighted by Gasteiger charge is -2.04. The molecule has 2 rings (SSSR count). The molecular formula is C10H10N2O2. The van der Waals surface area contributed by atoms with E-state index in [1.54, 1.807) is 26.3 Å². The van der Waals surface area contributed by atoms with Gasteiger partial charge in [0, 0.05) is 7.05 Å². The Labute approximate surface area is 80.8 Å². The van der Waals surface area contributed by atoms with Crippen molar-refractivity contribution in [3.05, 3.63) is 34.9 Å². The van der Waals surface area contributed by atoms with E-state index in [2.05, 4.69) is 4.98 Å². The Hall–Kier alpha value is -1.84. The summed E-state index contributed by atoms with van der Waals surface area (Å²) in [7, 11) is 3.21. The first kappa shape index (κ1) is 8.74. The summed E-state index contributed by atoms with van der Waals surface area (Å²) < 4.78 is 6.55. The zero-order valence-corrected chi connectivity index (χ0v) is 8.02. The number of hydrogen-bond donors (Lipinski definition) is 0. The maximum absolute atomic E-state index is 11.8. The minimum Gasteiger partial charge on any atom is -0.496 e. The monoisotopic (exact) mass is 190 g/mol. The summed E-state index contributed by atoms with van der Waals surface area (Å²) in [4.78, 5) is 15.9. The number of rotatable bonds is 1. The van der Waals surface area contributed by atoms with Crippen LogP contribution in [-0.2, 0) is 7.05 Å². The van der Waals surface area contributed by atoms with Crippen molar-refractivity contribution in [3.8, 4) is 5.75 Å². The van der Waals surface area contributed by atoms with Crippen LogP contribution in [0.3, 0.4) is 0 Å². The molecular weight excluding hydrogens is 180 g/mol. The highest BCUT2D eigenvalue weighted by atomic mass is 16.5. The second-order valence-corrected chi connectivity index (χ2v) is 3.02. The second-order valence-electron chi connectivity index (χ2n) is 3.02. The molecule has 0 aliphatic carbocycles. The van der Waals surface area contributed by atoms with Crippen molar-refractivity contribution < 1.29 is 4.74 Å². The fraction of sp³-hybridized carbons (Fsp3) is 0.200. The molecule has 72 valence electrons. The summed E-state index contributed by atoms with van der Waals surface area (Å²) in [6.07, 6.45) is 1.50. The number of methoxy groups -OCH3 is 1. The standard InChI is InChI=1S/C10H10N2O2/c1-12-6-11-7-4-3-5-8(14-2)9(7)10(12)13/h3-6H,1-2H3. The van der Waals surface area contributed by atoms with Crippen LogP contribution in [0.4, 0.5) is 0 Å². The van der Waals surface area contributed by atoms with E-state index >= 15 is 0 Å². The molecule has 4 nitrogen and oxygen atoms in total. The molecule has 0 spiro atoms. The van der Waals surface area contributed by atoms with Crippen LogP contribution in [0.25, 0.3) is 10.9 Å². The van der Waals surface area contributed by atoms with Crippen LogP contribution in [0.15, 0.2) is 29.3 Å². The lowest BCUT2D eigenvalue weighted by Crippen LogP contribution is -2.17. The van der Waals surface area contributed by atoms with Crippen LogP contribution in [0, 0.1) is 0 Å². The summed E-state index contributed by atoms with van der Waals surface area (Å²) in [5, 5.41) is 0.528. The van der Waals surface area contributed by atoms with E-state index in [0.717, 1.165) is 0 Å². The fourth-order valence-electron chi connectivity index (χ4n) is 1.39. The summed E-state index contributed by atoms with van der Waals surface area (Å²) in [5.41, 5.74) is 0.569. The number of ether oxygens (including phenoxy) is 1. The first-order valence-electron chi connectivity index (χ1n) is 4.22. The molecule has 0 saturated carbocycles. The molecule has 1 aromatic carbocycles. The molecule has 1 aromatic heterocycles. The maximum Gasteiger partial charge on any atom is 0.264 e. The zero-order valence-electron chi connectivity index (χ0n) is 8.02. The Morgan fingerprint density at radius 3 is 2.93 bits per heavy atom. The molecule has 0 aliphatic heterocycles. The van der Waals surface area contributed by atoms with Crippen LogP contribution in [0.5, 0.6) is 5.75 Å². The van der Waals surface area contributed by atoms with Crippen molar-refractivity contribution >= 4 is 10.9 Å². The van der Waals surface area contributed by atoms with Gasteiger partial charge in [0.1, 0.15) is 11.1 Å². The van der Waals surface area contributed by atoms with Gasteiger partial charge in [0.15, 0.2) is 0 Å². The highest BCUT2D eigenvalue weighted by molar-refractivity contribution is 5.83. The van der Waals surface area contributed by atoms with E-state index in [1.165, 1.54) is 10.9 Å². The molecule has 0 aliphatic rings. The van der Waals surface area contributed by atoms with Gasteiger partial charge in [-0.3, -0.25) is 4.79 Å². The van der Waals surface area contributed by atoms with Gasteiger partial charge in [0.05, 0.1) is 19.0 Å². The van der Waals surface area contributed by atoms with Gasteiger partial charge < -0.3 is 9.30 Å². The first-order chi connectivity index (χ1) is 6.74. The Morgan fingerprint density at radius 1 is 1.43 bits per heavy atom. The molecule has 0 N–H and O–H groups in total. The number of hydrogen-bond acceptors (Lipinski definition) is 3. The average Bonchev–Trinajstić information content (AvgIpc) is 2.23. The molecule has 0 amide bonds. The van der Waals surface area contributed by atoms with Crippen molar-refractivity contribution in [2.45, 2.75) is 0 Å². The van der Waals surface area contributed by atoms with E-state index in [-0.39, 0.29) is 5.56 Å². The van der Waals surface area contributed by atoms with E-state index in [0.29, 0.717) is 16.7 Å². The molecule has 0 fully saturated rings. The van der Waals surface area contributed by atoms with Crippen molar-refractivity contribution in [3.63, 3.8) is 0 Å². The fourth-order valence-corrected chi connectivity index (χ4v) is 1.39. The average molecular weight is 190 g/mol. The summed E-state index contributed by atoms with van der Waals surface area (Å²) in [6, 6.07) is 5.36. The van der Waals surface area contributed by atoms with Gasteiger partial charge in [-0.15, -0.1) is 0 Å². The van der Waals surface area contributed by atoms with Gasteiger partial charge in [0.2, 0.25) is 0 Å². The highest BCUT2D eigenvalue weighted by Crippen LogP contribution is 2.19. The SMILES string of the molecule is COc1cccc2ncn(C)c(=O)c12. The van der Waals surface area contributed by atoms with Crippen molar-refractivity contribution in [1.82, 2.24) is 9.55 Å². The van der Waals surface area contributed by atoms with E-state index < -0.39 is 0 Å². The summed E-state index contributed by atoms with van der Waals surface area (Å²) in [5.74, 6) is 0.566.